The molecule has 0 fully saturated rings. The van der Waals surface area contributed by atoms with Gasteiger partial charge in [0, 0.05) is 5.92 Å². The SMILES string of the molecule is [CH2]C(CF)c1cc(C#N)cc(CCCC)c1. The number of hydrogen-bond donors (Lipinski definition) is 0. The minimum Gasteiger partial charge on any atom is -0.250 e. The predicted octanol–water partition coefficient (Wildman–Crippen LogP) is 3.79. The predicted molar refractivity (Wildman–Crippen MR) is 63.8 cm³/mol. The van der Waals surface area contributed by atoms with Crippen LogP contribution in [0.4, 0.5) is 4.39 Å². The topological polar surface area (TPSA) is 23.8 Å². The highest BCUT2D eigenvalue weighted by Crippen LogP contribution is 2.20. The van der Waals surface area contributed by atoms with Gasteiger partial charge in [0.25, 0.3) is 0 Å². The minimum absolute atomic E-state index is 0.367. The Morgan fingerprint density at radius 3 is 2.75 bits per heavy atom. The Balaban J connectivity index is 2.97. The molecule has 1 aromatic rings. The normalized spacial score (nSPS) is 12.1. The Labute approximate surface area is 96.9 Å². The second-order valence-electron chi connectivity index (χ2n) is 4.03. The summed E-state index contributed by atoms with van der Waals surface area (Å²) < 4.78 is 12.5. The standard InChI is InChI=1S/C14H17FN/c1-3-4-5-12-6-13(10-16)8-14(7-12)11(2)9-15/h6-8,11H,2-5,9H2,1H3. The summed E-state index contributed by atoms with van der Waals surface area (Å²) in [7, 11) is 0. The number of unbranched alkanes of at least 4 members (excludes halogenated alkanes) is 1. The summed E-state index contributed by atoms with van der Waals surface area (Å²) >= 11 is 0. The zero-order valence-corrected chi connectivity index (χ0v) is 9.67. The fourth-order valence-electron chi connectivity index (χ4n) is 1.63. The molecule has 0 amide bonds. The van der Waals surface area contributed by atoms with Gasteiger partial charge in [-0.1, -0.05) is 19.4 Å². The van der Waals surface area contributed by atoms with E-state index < -0.39 is 6.67 Å². The number of nitrogens with zero attached hydrogens (tertiary/aromatic N) is 1. The van der Waals surface area contributed by atoms with Crippen molar-refractivity contribution in [2.75, 3.05) is 6.67 Å². The molecule has 0 heterocycles. The lowest BCUT2D eigenvalue weighted by Gasteiger charge is -2.10. The average Bonchev–Trinajstić information content (AvgIpc) is 2.34. The first-order chi connectivity index (χ1) is 7.71. The molecule has 0 saturated heterocycles. The zero-order valence-electron chi connectivity index (χ0n) is 9.67. The van der Waals surface area contributed by atoms with E-state index in [1.54, 1.807) is 6.07 Å². The van der Waals surface area contributed by atoms with Crippen molar-refractivity contribution in [3.8, 4) is 6.07 Å². The molecular formula is C14H17FN. The molecule has 85 valence electrons. The number of alkyl halides is 1. The molecule has 0 N–H and O–H groups in total. The first-order valence-electron chi connectivity index (χ1n) is 5.64. The van der Waals surface area contributed by atoms with Crippen LogP contribution >= 0.6 is 0 Å². The highest BCUT2D eigenvalue weighted by molar-refractivity contribution is 5.39. The molecule has 0 aromatic heterocycles. The lowest BCUT2D eigenvalue weighted by atomic mass is 9.95. The summed E-state index contributed by atoms with van der Waals surface area (Å²) in [6, 6.07) is 7.69. The third-order valence-electron chi connectivity index (χ3n) is 2.62. The van der Waals surface area contributed by atoms with Gasteiger partial charge in [-0.3, -0.25) is 4.39 Å². The summed E-state index contributed by atoms with van der Waals surface area (Å²) in [6.45, 7) is 5.38. The lowest BCUT2D eigenvalue weighted by Crippen LogP contribution is -1.98. The summed E-state index contributed by atoms with van der Waals surface area (Å²) in [5.41, 5.74) is 2.54. The highest BCUT2D eigenvalue weighted by Gasteiger charge is 2.08. The number of benzene rings is 1. The molecule has 0 aliphatic carbocycles. The number of halogens is 1. The van der Waals surface area contributed by atoms with Gasteiger partial charge in [0.1, 0.15) is 0 Å². The van der Waals surface area contributed by atoms with Crippen LogP contribution in [-0.4, -0.2) is 6.67 Å². The zero-order chi connectivity index (χ0) is 12.0. The van der Waals surface area contributed by atoms with Crippen LogP contribution in [0.1, 0.15) is 42.4 Å². The van der Waals surface area contributed by atoms with Crippen LogP contribution in [0.3, 0.4) is 0 Å². The van der Waals surface area contributed by atoms with Crippen molar-refractivity contribution in [3.63, 3.8) is 0 Å². The minimum atomic E-state index is -0.484. The van der Waals surface area contributed by atoms with Crippen molar-refractivity contribution >= 4 is 0 Å². The maximum atomic E-state index is 12.5. The molecular weight excluding hydrogens is 201 g/mol. The Hall–Kier alpha value is -1.36. The molecule has 0 bridgehead atoms. The van der Waals surface area contributed by atoms with Gasteiger partial charge in [0.15, 0.2) is 0 Å². The van der Waals surface area contributed by atoms with Crippen molar-refractivity contribution in [3.05, 3.63) is 41.8 Å². The van der Waals surface area contributed by atoms with E-state index in [0.717, 1.165) is 30.4 Å². The van der Waals surface area contributed by atoms with Gasteiger partial charge in [0.2, 0.25) is 0 Å². The second-order valence-corrected chi connectivity index (χ2v) is 4.03. The van der Waals surface area contributed by atoms with Crippen LogP contribution in [0, 0.1) is 18.3 Å². The smallest absolute Gasteiger partial charge is 0.0991 e. The van der Waals surface area contributed by atoms with Gasteiger partial charge in [-0.2, -0.15) is 5.26 Å². The van der Waals surface area contributed by atoms with Crippen LogP contribution in [-0.2, 0) is 6.42 Å². The summed E-state index contributed by atoms with van der Waals surface area (Å²) in [6.07, 6.45) is 3.15. The van der Waals surface area contributed by atoms with Crippen molar-refractivity contribution in [2.24, 2.45) is 0 Å². The van der Waals surface area contributed by atoms with Crippen LogP contribution in [0.2, 0.25) is 0 Å². The van der Waals surface area contributed by atoms with Crippen LogP contribution < -0.4 is 0 Å². The van der Waals surface area contributed by atoms with Crippen molar-refractivity contribution in [2.45, 2.75) is 32.1 Å². The van der Waals surface area contributed by atoms with Gasteiger partial charge < -0.3 is 0 Å². The van der Waals surface area contributed by atoms with Crippen molar-refractivity contribution in [1.82, 2.24) is 0 Å². The van der Waals surface area contributed by atoms with Gasteiger partial charge in [-0.25, -0.2) is 0 Å². The average molecular weight is 218 g/mol. The fourth-order valence-corrected chi connectivity index (χ4v) is 1.63. The summed E-state index contributed by atoms with van der Waals surface area (Å²) in [5.74, 6) is -0.367. The molecule has 0 saturated carbocycles. The van der Waals surface area contributed by atoms with Crippen molar-refractivity contribution < 1.29 is 4.39 Å². The first kappa shape index (κ1) is 12.7. The summed E-state index contributed by atoms with van der Waals surface area (Å²) in [4.78, 5) is 0. The number of rotatable bonds is 5. The van der Waals surface area contributed by atoms with Gasteiger partial charge in [-0.05, 0) is 43.0 Å². The Morgan fingerprint density at radius 2 is 2.19 bits per heavy atom. The third-order valence-corrected chi connectivity index (χ3v) is 2.62. The summed E-state index contributed by atoms with van der Waals surface area (Å²) in [5, 5.41) is 8.90. The molecule has 1 atom stereocenters. The van der Waals surface area contributed by atoms with E-state index >= 15 is 0 Å². The fraction of sp³-hybridized carbons (Fsp3) is 0.429. The third kappa shape index (κ3) is 3.34. The van der Waals surface area contributed by atoms with E-state index in [4.69, 9.17) is 5.26 Å². The van der Waals surface area contributed by atoms with E-state index in [1.165, 1.54) is 0 Å². The Morgan fingerprint density at radius 1 is 1.44 bits per heavy atom. The Bertz CT molecular complexity index is 379. The second kappa shape index (κ2) is 6.27. The van der Waals surface area contributed by atoms with Crippen molar-refractivity contribution in [1.29, 1.82) is 5.26 Å². The molecule has 1 aromatic carbocycles. The van der Waals surface area contributed by atoms with E-state index in [1.807, 2.05) is 12.1 Å². The molecule has 16 heavy (non-hydrogen) atoms. The monoisotopic (exact) mass is 218 g/mol. The molecule has 1 radical (unpaired) electrons. The van der Waals surface area contributed by atoms with Crippen LogP contribution in [0.25, 0.3) is 0 Å². The molecule has 0 spiro atoms. The maximum absolute atomic E-state index is 12.5. The van der Waals surface area contributed by atoms with Crippen LogP contribution in [0.15, 0.2) is 18.2 Å². The highest BCUT2D eigenvalue weighted by atomic mass is 19.1. The molecule has 0 aliphatic rings. The van der Waals surface area contributed by atoms with Gasteiger partial charge >= 0.3 is 0 Å². The molecule has 2 heteroatoms. The largest absolute Gasteiger partial charge is 0.250 e. The van der Waals surface area contributed by atoms with E-state index in [0.29, 0.717) is 5.56 Å². The molecule has 0 aliphatic heterocycles. The number of aryl methyl sites for hydroxylation is 1. The number of hydrogen-bond acceptors (Lipinski definition) is 1. The molecule has 1 rings (SSSR count). The van der Waals surface area contributed by atoms with E-state index in [2.05, 4.69) is 19.9 Å². The lowest BCUT2D eigenvalue weighted by molar-refractivity contribution is 0.465. The quantitative estimate of drug-likeness (QED) is 0.737. The molecule has 1 unspecified atom stereocenters. The number of nitriles is 1. The Kier molecular flexibility index (Phi) is 4.98. The molecule has 1 nitrogen and oxygen atoms in total. The van der Waals surface area contributed by atoms with Gasteiger partial charge in [-0.15, -0.1) is 0 Å². The maximum Gasteiger partial charge on any atom is 0.0991 e. The van der Waals surface area contributed by atoms with E-state index in [-0.39, 0.29) is 5.92 Å². The van der Waals surface area contributed by atoms with Crippen LogP contribution in [0.5, 0.6) is 0 Å². The van der Waals surface area contributed by atoms with Gasteiger partial charge in [0.05, 0.1) is 18.3 Å². The first-order valence-corrected chi connectivity index (χ1v) is 5.64. The van der Waals surface area contributed by atoms with E-state index in [9.17, 15) is 4.39 Å².